The summed E-state index contributed by atoms with van der Waals surface area (Å²) in [4.78, 5) is 28.2. The normalized spacial score (nSPS) is 10.8. The van der Waals surface area contributed by atoms with E-state index in [0.717, 1.165) is 4.68 Å². The molecule has 2 aromatic rings. The highest BCUT2D eigenvalue weighted by molar-refractivity contribution is 5.74. The molecule has 0 aliphatic rings. The minimum absolute atomic E-state index is 0.201. The van der Waals surface area contributed by atoms with Crippen molar-refractivity contribution in [3.05, 3.63) is 34.9 Å². The fourth-order valence-corrected chi connectivity index (χ4v) is 1.50. The van der Waals surface area contributed by atoms with E-state index in [9.17, 15) is 9.59 Å². The van der Waals surface area contributed by atoms with E-state index < -0.39 is 5.91 Å². The first-order valence-electron chi connectivity index (χ1n) is 5.66. The Kier molecular flexibility index (Phi) is 4.26. The van der Waals surface area contributed by atoms with Crippen LogP contribution in [0.15, 0.2) is 29.2 Å². The monoisotopic (exact) mass is 266 g/mol. The number of methoxy groups -OCH3 is 1. The Bertz CT molecular complexity index is 618. The van der Waals surface area contributed by atoms with Crippen LogP contribution < -0.4 is 11.2 Å². The second kappa shape index (κ2) is 6.12. The predicted molar refractivity (Wildman–Crippen MR) is 65.4 cm³/mol. The summed E-state index contributed by atoms with van der Waals surface area (Å²) in [7, 11) is 1.53. The number of ether oxygens (including phenoxy) is 1. The van der Waals surface area contributed by atoms with Gasteiger partial charge in [-0.2, -0.15) is 0 Å². The molecule has 2 heterocycles. The molecular formula is C11H14N4O4. The van der Waals surface area contributed by atoms with E-state index in [0.29, 0.717) is 12.3 Å². The standard InChI is InChI=1S/C11H14N4O4/c1-18-6-7-19-13-10(16)8-15-11(17)14-5-3-2-4-9(14)12-15/h2-5H,6-8H2,1H3,(H,13,16). The second-order valence-corrected chi connectivity index (χ2v) is 3.74. The number of amides is 1. The maximum Gasteiger partial charge on any atom is 0.350 e. The van der Waals surface area contributed by atoms with Crippen LogP contribution in [0.5, 0.6) is 0 Å². The number of nitrogens with zero attached hydrogens (tertiary/aromatic N) is 3. The topological polar surface area (TPSA) is 86.9 Å². The fraction of sp³-hybridized carbons (Fsp3) is 0.364. The van der Waals surface area contributed by atoms with Crippen LogP contribution in [-0.4, -0.2) is 40.4 Å². The Morgan fingerprint density at radius 3 is 3.00 bits per heavy atom. The fourth-order valence-electron chi connectivity index (χ4n) is 1.50. The Hall–Kier alpha value is -2.19. The number of carbonyl (C=O) groups excluding carboxylic acids is 1. The minimum Gasteiger partial charge on any atom is -0.382 e. The van der Waals surface area contributed by atoms with Crippen molar-refractivity contribution in [3.63, 3.8) is 0 Å². The summed E-state index contributed by atoms with van der Waals surface area (Å²) in [6, 6.07) is 5.17. The zero-order chi connectivity index (χ0) is 13.7. The lowest BCUT2D eigenvalue weighted by Gasteiger charge is -2.04. The van der Waals surface area contributed by atoms with Gasteiger partial charge in [-0.15, -0.1) is 5.10 Å². The molecule has 0 unspecified atom stereocenters. The molecule has 0 atom stereocenters. The van der Waals surface area contributed by atoms with Crippen LogP contribution in [0.3, 0.4) is 0 Å². The van der Waals surface area contributed by atoms with Gasteiger partial charge in [0.1, 0.15) is 6.54 Å². The van der Waals surface area contributed by atoms with Crippen LogP contribution in [0.1, 0.15) is 0 Å². The van der Waals surface area contributed by atoms with Gasteiger partial charge in [0.05, 0.1) is 13.2 Å². The van der Waals surface area contributed by atoms with Crippen molar-refractivity contribution < 1.29 is 14.4 Å². The Balaban J connectivity index is 1.99. The quantitative estimate of drug-likeness (QED) is 0.546. The van der Waals surface area contributed by atoms with Crippen LogP contribution in [-0.2, 0) is 20.9 Å². The molecule has 0 aliphatic heterocycles. The first-order valence-corrected chi connectivity index (χ1v) is 5.66. The summed E-state index contributed by atoms with van der Waals surface area (Å²) >= 11 is 0. The second-order valence-electron chi connectivity index (χ2n) is 3.74. The van der Waals surface area contributed by atoms with E-state index in [1.165, 1.54) is 11.5 Å². The molecule has 0 radical (unpaired) electrons. The molecule has 2 aromatic heterocycles. The zero-order valence-electron chi connectivity index (χ0n) is 10.4. The van der Waals surface area contributed by atoms with Crippen LogP contribution in [0, 0.1) is 0 Å². The molecule has 0 saturated carbocycles. The van der Waals surface area contributed by atoms with Crippen LogP contribution >= 0.6 is 0 Å². The van der Waals surface area contributed by atoms with Crippen molar-refractivity contribution >= 4 is 11.6 Å². The third-order valence-electron chi connectivity index (χ3n) is 2.36. The summed E-state index contributed by atoms with van der Waals surface area (Å²) in [5.41, 5.74) is 2.32. The lowest BCUT2D eigenvalue weighted by atomic mass is 10.5. The maximum atomic E-state index is 11.9. The van der Waals surface area contributed by atoms with Crippen LogP contribution in [0.25, 0.3) is 5.65 Å². The largest absolute Gasteiger partial charge is 0.382 e. The first kappa shape index (κ1) is 13.2. The Labute approximate surface area is 108 Å². The third kappa shape index (κ3) is 3.18. The molecule has 0 bridgehead atoms. The number of hydrogen-bond acceptors (Lipinski definition) is 5. The molecule has 0 aromatic carbocycles. The van der Waals surface area contributed by atoms with Crippen molar-refractivity contribution in [2.45, 2.75) is 6.54 Å². The van der Waals surface area contributed by atoms with Crippen molar-refractivity contribution in [2.24, 2.45) is 0 Å². The van der Waals surface area contributed by atoms with Gasteiger partial charge in [0, 0.05) is 13.3 Å². The van der Waals surface area contributed by atoms with Crippen LogP contribution in [0.4, 0.5) is 0 Å². The van der Waals surface area contributed by atoms with Gasteiger partial charge in [0.15, 0.2) is 5.65 Å². The molecule has 1 amide bonds. The van der Waals surface area contributed by atoms with Gasteiger partial charge in [-0.25, -0.2) is 15.0 Å². The number of hydroxylamine groups is 1. The van der Waals surface area contributed by atoms with Gasteiger partial charge in [-0.05, 0) is 12.1 Å². The average Bonchev–Trinajstić information content (AvgIpc) is 2.72. The van der Waals surface area contributed by atoms with E-state index >= 15 is 0 Å². The van der Waals surface area contributed by atoms with Gasteiger partial charge in [-0.1, -0.05) is 6.07 Å². The Morgan fingerprint density at radius 1 is 1.42 bits per heavy atom. The Morgan fingerprint density at radius 2 is 2.26 bits per heavy atom. The number of rotatable bonds is 6. The lowest BCUT2D eigenvalue weighted by Crippen LogP contribution is -2.33. The number of hydrogen-bond donors (Lipinski definition) is 1. The van der Waals surface area contributed by atoms with E-state index in [4.69, 9.17) is 9.57 Å². The minimum atomic E-state index is -0.457. The van der Waals surface area contributed by atoms with E-state index in [1.54, 1.807) is 24.4 Å². The van der Waals surface area contributed by atoms with Crippen molar-refractivity contribution in [3.8, 4) is 0 Å². The number of nitrogens with one attached hydrogen (secondary N) is 1. The average molecular weight is 266 g/mol. The summed E-state index contributed by atoms with van der Waals surface area (Å²) in [6.45, 7) is 0.407. The van der Waals surface area contributed by atoms with Gasteiger partial charge in [0.2, 0.25) is 0 Å². The molecule has 0 aliphatic carbocycles. The number of pyridine rings is 1. The van der Waals surface area contributed by atoms with E-state index in [2.05, 4.69) is 10.6 Å². The maximum absolute atomic E-state index is 11.9. The number of carbonyl (C=O) groups is 1. The molecular weight excluding hydrogens is 252 g/mol. The van der Waals surface area contributed by atoms with E-state index in [-0.39, 0.29) is 18.8 Å². The van der Waals surface area contributed by atoms with Gasteiger partial charge >= 0.3 is 5.69 Å². The van der Waals surface area contributed by atoms with Crippen molar-refractivity contribution in [1.82, 2.24) is 19.7 Å². The smallest absolute Gasteiger partial charge is 0.350 e. The molecule has 1 N–H and O–H groups in total. The van der Waals surface area contributed by atoms with Crippen molar-refractivity contribution in [1.29, 1.82) is 0 Å². The highest BCUT2D eigenvalue weighted by Gasteiger charge is 2.09. The van der Waals surface area contributed by atoms with Gasteiger partial charge < -0.3 is 4.74 Å². The number of fused-ring (bicyclic) bond motifs is 1. The van der Waals surface area contributed by atoms with E-state index in [1.807, 2.05) is 0 Å². The molecule has 8 heteroatoms. The molecule has 0 saturated heterocycles. The summed E-state index contributed by atoms with van der Waals surface area (Å²) < 4.78 is 7.19. The van der Waals surface area contributed by atoms with Gasteiger partial charge in [0.25, 0.3) is 5.91 Å². The van der Waals surface area contributed by atoms with Gasteiger partial charge in [-0.3, -0.25) is 14.0 Å². The highest BCUT2D eigenvalue weighted by atomic mass is 16.7. The van der Waals surface area contributed by atoms with Crippen molar-refractivity contribution in [2.75, 3.05) is 20.3 Å². The molecule has 102 valence electrons. The molecule has 0 fully saturated rings. The number of aromatic nitrogens is 3. The van der Waals surface area contributed by atoms with Crippen LogP contribution in [0.2, 0.25) is 0 Å². The first-order chi connectivity index (χ1) is 9.22. The zero-order valence-corrected chi connectivity index (χ0v) is 10.4. The summed E-state index contributed by atoms with van der Waals surface area (Å²) in [6.07, 6.45) is 1.59. The predicted octanol–water partition coefficient (Wildman–Crippen LogP) is -0.810. The summed E-state index contributed by atoms with van der Waals surface area (Å²) in [5.74, 6) is -0.457. The third-order valence-corrected chi connectivity index (χ3v) is 2.36. The molecule has 2 rings (SSSR count). The molecule has 8 nitrogen and oxygen atoms in total. The lowest BCUT2D eigenvalue weighted by molar-refractivity contribution is -0.135. The summed E-state index contributed by atoms with van der Waals surface area (Å²) in [5, 5.41) is 4.02. The SMILES string of the molecule is COCCONC(=O)Cn1nc2ccccn2c1=O. The highest BCUT2D eigenvalue weighted by Crippen LogP contribution is 1.94. The molecule has 19 heavy (non-hydrogen) atoms. The molecule has 0 spiro atoms.